The molecule has 1 fully saturated rings. The molecule has 3 nitrogen and oxygen atoms in total. The standard InChI is InChI=1S/C14H20N2O/c15-16-13(8-10-2-1-3-10)11-4-5-14-12(9-11)6-7-17-14/h4-5,9-10,13,16H,1-3,6-8,15H2. The zero-order chi connectivity index (χ0) is 11.7. The van der Waals surface area contributed by atoms with E-state index in [1.54, 1.807) is 0 Å². The summed E-state index contributed by atoms with van der Waals surface area (Å²) in [5.74, 6) is 7.61. The van der Waals surface area contributed by atoms with Gasteiger partial charge in [0, 0.05) is 12.5 Å². The third-order valence-corrected chi connectivity index (χ3v) is 4.11. The summed E-state index contributed by atoms with van der Waals surface area (Å²) in [6.07, 6.45) is 6.32. The first-order chi connectivity index (χ1) is 8.36. The van der Waals surface area contributed by atoms with Crippen LogP contribution < -0.4 is 16.0 Å². The van der Waals surface area contributed by atoms with Crippen LogP contribution in [0.3, 0.4) is 0 Å². The predicted octanol–water partition coefficient (Wildman–Crippen LogP) is 2.32. The van der Waals surface area contributed by atoms with Gasteiger partial charge in [-0.2, -0.15) is 0 Å². The SMILES string of the molecule is NNC(CC1CCC1)c1ccc2c(c1)CCO2. The number of ether oxygens (including phenoxy) is 1. The summed E-state index contributed by atoms with van der Waals surface area (Å²) in [5, 5.41) is 0. The van der Waals surface area contributed by atoms with Crippen LogP contribution in [-0.2, 0) is 6.42 Å². The van der Waals surface area contributed by atoms with Crippen molar-refractivity contribution in [3.8, 4) is 5.75 Å². The number of rotatable bonds is 4. The van der Waals surface area contributed by atoms with E-state index in [9.17, 15) is 0 Å². The van der Waals surface area contributed by atoms with Crippen LogP contribution in [0.4, 0.5) is 0 Å². The van der Waals surface area contributed by atoms with Gasteiger partial charge < -0.3 is 4.74 Å². The molecule has 92 valence electrons. The number of hydrazine groups is 1. The lowest BCUT2D eigenvalue weighted by molar-refractivity contribution is 0.262. The van der Waals surface area contributed by atoms with E-state index in [2.05, 4.69) is 23.6 Å². The smallest absolute Gasteiger partial charge is 0.122 e. The number of hydrogen-bond acceptors (Lipinski definition) is 3. The number of fused-ring (bicyclic) bond motifs is 1. The van der Waals surface area contributed by atoms with Gasteiger partial charge in [0.1, 0.15) is 5.75 Å². The summed E-state index contributed by atoms with van der Waals surface area (Å²) >= 11 is 0. The van der Waals surface area contributed by atoms with Crippen molar-refractivity contribution in [2.45, 2.75) is 38.1 Å². The minimum Gasteiger partial charge on any atom is -0.493 e. The molecule has 1 unspecified atom stereocenters. The molecule has 0 radical (unpaired) electrons. The molecule has 3 heteroatoms. The maximum atomic E-state index is 5.70. The van der Waals surface area contributed by atoms with Crippen LogP contribution in [0, 0.1) is 5.92 Å². The summed E-state index contributed by atoms with van der Waals surface area (Å²) < 4.78 is 5.53. The van der Waals surface area contributed by atoms with Crippen molar-refractivity contribution < 1.29 is 4.74 Å². The third-order valence-electron chi connectivity index (χ3n) is 4.11. The molecule has 2 aliphatic rings. The molecule has 1 heterocycles. The Hall–Kier alpha value is -1.06. The van der Waals surface area contributed by atoms with Gasteiger partial charge in [-0.15, -0.1) is 0 Å². The van der Waals surface area contributed by atoms with Crippen molar-refractivity contribution in [3.63, 3.8) is 0 Å². The van der Waals surface area contributed by atoms with Gasteiger partial charge in [0.15, 0.2) is 0 Å². The Bertz CT molecular complexity index is 401. The number of nitrogens with two attached hydrogens (primary N) is 1. The van der Waals surface area contributed by atoms with Crippen molar-refractivity contribution >= 4 is 0 Å². The average molecular weight is 232 g/mol. The quantitative estimate of drug-likeness (QED) is 0.618. The predicted molar refractivity (Wildman–Crippen MR) is 67.7 cm³/mol. The van der Waals surface area contributed by atoms with Gasteiger partial charge >= 0.3 is 0 Å². The number of nitrogens with one attached hydrogen (secondary N) is 1. The molecule has 0 bridgehead atoms. The van der Waals surface area contributed by atoms with Gasteiger partial charge in [-0.05, 0) is 29.5 Å². The maximum Gasteiger partial charge on any atom is 0.122 e. The van der Waals surface area contributed by atoms with E-state index < -0.39 is 0 Å². The molecular formula is C14H20N2O. The normalized spacial score (nSPS) is 20.5. The van der Waals surface area contributed by atoms with Crippen molar-refractivity contribution in [1.82, 2.24) is 5.43 Å². The summed E-state index contributed by atoms with van der Waals surface area (Å²) in [6, 6.07) is 6.79. The molecule has 1 aromatic rings. The van der Waals surface area contributed by atoms with Crippen molar-refractivity contribution in [2.24, 2.45) is 11.8 Å². The lowest BCUT2D eigenvalue weighted by Gasteiger charge is -2.29. The van der Waals surface area contributed by atoms with Crippen LogP contribution in [0.1, 0.15) is 42.9 Å². The van der Waals surface area contributed by atoms with Crippen LogP contribution in [0.2, 0.25) is 0 Å². The van der Waals surface area contributed by atoms with Crippen LogP contribution in [0.25, 0.3) is 0 Å². The minimum atomic E-state index is 0.297. The highest BCUT2D eigenvalue weighted by molar-refractivity contribution is 5.40. The largest absolute Gasteiger partial charge is 0.493 e. The van der Waals surface area contributed by atoms with E-state index in [-0.39, 0.29) is 0 Å². The fourth-order valence-electron chi connectivity index (χ4n) is 2.79. The fraction of sp³-hybridized carbons (Fsp3) is 0.571. The first-order valence-corrected chi connectivity index (χ1v) is 6.58. The molecule has 0 aromatic heterocycles. The van der Waals surface area contributed by atoms with Gasteiger partial charge in [0.25, 0.3) is 0 Å². The average Bonchev–Trinajstić information content (AvgIpc) is 2.75. The van der Waals surface area contributed by atoms with Crippen LogP contribution in [0.5, 0.6) is 5.75 Å². The molecule has 0 amide bonds. The zero-order valence-corrected chi connectivity index (χ0v) is 10.1. The lowest BCUT2D eigenvalue weighted by atomic mass is 9.79. The zero-order valence-electron chi connectivity index (χ0n) is 10.1. The molecule has 0 saturated heterocycles. The van der Waals surface area contributed by atoms with Crippen molar-refractivity contribution in [1.29, 1.82) is 0 Å². The highest BCUT2D eigenvalue weighted by Gasteiger charge is 2.23. The molecule has 3 N–H and O–H groups in total. The number of hydrogen-bond donors (Lipinski definition) is 2. The summed E-state index contributed by atoms with van der Waals surface area (Å²) in [7, 11) is 0. The molecule has 17 heavy (non-hydrogen) atoms. The van der Waals surface area contributed by atoms with Gasteiger partial charge in [-0.1, -0.05) is 31.4 Å². The highest BCUT2D eigenvalue weighted by Crippen LogP contribution is 2.36. The Balaban J connectivity index is 1.76. The highest BCUT2D eigenvalue weighted by atomic mass is 16.5. The fourth-order valence-corrected chi connectivity index (χ4v) is 2.79. The molecule has 0 spiro atoms. The second kappa shape index (κ2) is 4.67. The molecular weight excluding hydrogens is 212 g/mol. The summed E-state index contributed by atoms with van der Waals surface area (Å²) in [5.41, 5.74) is 5.61. The van der Waals surface area contributed by atoms with Gasteiger partial charge in [-0.25, -0.2) is 0 Å². The number of benzene rings is 1. The van der Waals surface area contributed by atoms with Crippen molar-refractivity contribution in [3.05, 3.63) is 29.3 Å². The van der Waals surface area contributed by atoms with E-state index in [4.69, 9.17) is 10.6 Å². The Labute approximate surface area is 102 Å². The lowest BCUT2D eigenvalue weighted by Crippen LogP contribution is -2.31. The van der Waals surface area contributed by atoms with Crippen LogP contribution in [-0.4, -0.2) is 6.61 Å². The van der Waals surface area contributed by atoms with E-state index in [1.807, 2.05) is 0 Å². The Morgan fingerprint density at radius 3 is 3.00 bits per heavy atom. The molecule has 1 aliphatic heterocycles. The summed E-state index contributed by atoms with van der Waals surface area (Å²) in [4.78, 5) is 0. The monoisotopic (exact) mass is 232 g/mol. The van der Waals surface area contributed by atoms with E-state index >= 15 is 0 Å². The topological polar surface area (TPSA) is 47.3 Å². The van der Waals surface area contributed by atoms with E-state index in [1.165, 1.54) is 30.4 Å². The Kier molecular flexibility index (Phi) is 3.04. The maximum absolute atomic E-state index is 5.70. The van der Waals surface area contributed by atoms with Crippen LogP contribution >= 0.6 is 0 Å². The van der Waals surface area contributed by atoms with Gasteiger partial charge in [-0.3, -0.25) is 11.3 Å². The summed E-state index contributed by atoms with van der Waals surface area (Å²) in [6.45, 7) is 0.822. The van der Waals surface area contributed by atoms with Crippen molar-refractivity contribution in [2.75, 3.05) is 6.61 Å². The van der Waals surface area contributed by atoms with Gasteiger partial charge in [0.2, 0.25) is 0 Å². The van der Waals surface area contributed by atoms with Crippen LogP contribution in [0.15, 0.2) is 18.2 Å². The third kappa shape index (κ3) is 2.17. The molecule has 1 saturated carbocycles. The first-order valence-electron chi connectivity index (χ1n) is 6.58. The molecule has 1 aliphatic carbocycles. The van der Waals surface area contributed by atoms with Gasteiger partial charge in [0.05, 0.1) is 6.61 Å². The second-order valence-corrected chi connectivity index (χ2v) is 5.22. The first kappa shape index (κ1) is 11.1. The second-order valence-electron chi connectivity index (χ2n) is 5.22. The Morgan fingerprint density at radius 1 is 1.41 bits per heavy atom. The molecule has 3 rings (SSSR count). The molecule has 1 atom stereocenters. The molecule has 1 aromatic carbocycles. The Morgan fingerprint density at radius 2 is 2.29 bits per heavy atom. The van der Waals surface area contributed by atoms with E-state index in [0.717, 1.165) is 31.1 Å². The minimum absolute atomic E-state index is 0.297. The van der Waals surface area contributed by atoms with E-state index in [0.29, 0.717) is 6.04 Å².